The molecule has 4 rings (SSSR count). The number of piperidine rings is 1. The average molecular weight is 403 g/mol. The van der Waals surface area contributed by atoms with Gasteiger partial charge in [-0.2, -0.15) is 0 Å². The van der Waals surface area contributed by atoms with Crippen LogP contribution < -0.4 is 5.32 Å². The number of hydrogen-bond donors (Lipinski definition) is 2. The molecule has 0 aliphatic carbocycles. The molecule has 1 saturated heterocycles. The maximum Gasteiger partial charge on any atom is 0.256 e. The van der Waals surface area contributed by atoms with E-state index < -0.39 is 10.0 Å². The molecule has 1 amide bonds. The van der Waals surface area contributed by atoms with E-state index in [1.165, 1.54) is 16.6 Å². The summed E-state index contributed by atoms with van der Waals surface area (Å²) in [7, 11) is -3.21. The fourth-order valence-electron chi connectivity index (χ4n) is 3.71. The number of aromatic hydroxyl groups is 1. The molecule has 0 atom stereocenters. The third-order valence-electron chi connectivity index (χ3n) is 5.11. The smallest absolute Gasteiger partial charge is 0.256 e. The second-order valence-electron chi connectivity index (χ2n) is 7.17. The number of fused-ring (bicyclic) bond motifs is 2. The topological polar surface area (TPSA) is 113 Å². The number of benzene rings is 1. The van der Waals surface area contributed by atoms with Crippen LogP contribution in [0.15, 0.2) is 28.8 Å². The fraction of sp³-hybridized carbons (Fsp3) is 0.368. The zero-order valence-corrected chi connectivity index (χ0v) is 16.4. The van der Waals surface area contributed by atoms with E-state index in [1.807, 2.05) is 13.0 Å². The number of phenolic OH excluding ortho intramolecular Hbond substituents is 1. The largest absolute Gasteiger partial charge is 0.504 e. The molecule has 2 bridgehead atoms. The maximum absolute atomic E-state index is 13.0. The van der Waals surface area contributed by atoms with Gasteiger partial charge in [-0.3, -0.25) is 9.78 Å². The van der Waals surface area contributed by atoms with Crippen LogP contribution in [0.4, 0.5) is 0 Å². The summed E-state index contributed by atoms with van der Waals surface area (Å²) in [6, 6.07) is 4.91. The first-order valence-corrected chi connectivity index (χ1v) is 10.9. The number of amides is 1. The summed E-state index contributed by atoms with van der Waals surface area (Å²) in [5.74, 6) is -0.298. The Hall–Kier alpha value is -2.65. The second-order valence-corrected chi connectivity index (χ2v) is 9.15. The first-order chi connectivity index (χ1) is 13.2. The Morgan fingerprint density at radius 3 is 2.68 bits per heavy atom. The van der Waals surface area contributed by atoms with E-state index in [1.54, 1.807) is 12.3 Å². The molecule has 3 aromatic rings. The molecule has 0 saturated carbocycles. The van der Waals surface area contributed by atoms with Gasteiger partial charge in [0.1, 0.15) is 5.58 Å². The summed E-state index contributed by atoms with van der Waals surface area (Å²) < 4.78 is 30.3. The van der Waals surface area contributed by atoms with Crippen LogP contribution in [0.25, 0.3) is 22.3 Å². The van der Waals surface area contributed by atoms with E-state index in [4.69, 9.17) is 4.42 Å². The molecule has 2 N–H and O–H groups in total. The number of carbonyl (C=O) groups is 1. The molecule has 8 nitrogen and oxygen atoms in total. The predicted octanol–water partition coefficient (Wildman–Crippen LogP) is 2.10. The molecule has 3 aromatic heterocycles. The van der Waals surface area contributed by atoms with Crippen molar-refractivity contribution in [2.45, 2.75) is 25.8 Å². The lowest BCUT2D eigenvalue weighted by atomic mass is 9.98. The van der Waals surface area contributed by atoms with Gasteiger partial charge >= 0.3 is 0 Å². The van der Waals surface area contributed by atoms with Crippen LogP contribution in [-0.4, -0.2) is 54.1 Å². The van der Waals surface area contributed by atoms with Crippen molar-refractivity contribution in [2.75, 3.05) is 19.3 Å². The first-order valence-electron chi connectivity index (χ1n) is 9.01. The van der Waals surface area contributed by atoms with Crippen LogP contribution in [0.1, 0.15) is 28.9 Å². The van der Waals surface area contributed by atoms with Gasteiger partial charge in [-0.15, -0.1) is 0 Å². The summed E-state index contributed by atoms with van der Waals surface area (Å²) in [4.78, 5) is 17.2. The normalized spacial score (nSPS) is 16.6. The molecule has 1 fully saturated rings. The van der Waals surface area contributed by atoms with Gasteiger partial charge in [0, 0.05) is 42.7 Å². The number of hydrogen-bond acceptors (Lipinski definition) is 6. The van der Waals surface area contributed by atoms with Gasteiger partial charge in [-0.1, -0.05) is 0 Å². The number of furan rings is 2. The van der Waals surface area contributed by atoms with Gasteiger partial charge in [0.25, 0.3) is 5.91 Å². The highest BCUT2D eigenvalue weighted by Crippen LogP contribution is 2.42. The molecule has 0 spiro atoms. The van der Waals surface area contributed by atoms with E-state index in [9.17, 15) is 18.3 Å². The molecule has 28 heavy (non-hydrogen) atoms. The number of sulfonamides is 1. The van der Waals surface area contributed by atoms with Crippen LogP contribution in [0.5, 0.6) is 5.75 Å². The van der Waals surface area contributed by atoms with E-state index in [0.29, 0.717) is 42.6 Å². The van der Waals surface area contributed by atoms with E-state index in [0.717, 1.165) is 11.3 Å². The van der Waals surface area contributed by atoms with E-state index in [2.05, 4.69) is 10.3 Å². The molecule has 0 radical (unpaired) electrons. The Morgan fingerprint density at radius 1 is 1.32 bits per heavy atom. The summed E-state index contributed by atoms with van der Waals surface area (Å²) in [6.07, 6.45) is 3.93. The van der Waals surface area contributed by atoms with Gasteiger partial charge in [0.2, 0.25) is 10.0 Å². The van der Waals surface area contributed by atoms with Crippen molar-refractivity contribution in [3.63, 3.8) is 0 Å². The zero-order chi connectivity index (χ0) is 20.1. The molecule has 1 aliphatic heterocycles. The zero-order valence-electron chi connectivity index (χ0n) is 15.6. The Balaban J connectivity index is 1.59. The van der Waals surface area contributed by atoms with Crippen LogP contribution in [0, 0.1) is 6.92 Å². The monoisotopic (exact) mass is 403 g/mol. The van der Waals surface area contributed by atoms with Crippen molar-refractivity contribution in [2.24, 2.45) is 0 Å². The van der Waals surface area contributed by atoms with E-state index >= 15 is 0 Å². The van der Waals surface area contributed by atoms with E-state index in [-0.39, 0.29) is 23.3 Å². The maximum atomic E-state index is 13.0. The fourth-order valence-corrected chi connectivity index (χ4v) is 4.59. The Bertz CT molecular complexity index is 1130. The number of nitrogens with zero attached hydrogens (tertiary/aromatic N) is 2. The van der Waals surface area contributed by atoms with Crippen LogP contribution >= 0.6 is 0 Å². The number of aromatic nitrogens is 1. The lowest BCUT2D eigenvalue weighted by Gasteiger charge is -2.30. The van der Waals surface area contributed by atoms with Crippen molar-refractivity contribution in [3.8, 4) is 16.9 Å². The number of carbonyl (C=O) groups excluding carboxylic acids is 1. The molecule has 0 unspecified atom stereocenters. The van der Waals surface area contributed by atoms with Gasteiger partial charge in [-0.05, 0) is 37.5 Å². The summed E-state index contributed by atoms with van der Waals surface area (Å²) in [5, 5.41) is 13.1. The summed E-state index contributed by atoms with van der Waals surface area (Å²) >= 11 is 0. The number of rotatable bonds is 4. The number of phenols is 1. The number of nitrogens with one attached hydrogen (secondary N) is 1. The minimum Gasteiger partial charge on any atom is -0.504 e. The van der Waals surface area contributed by atoms with Gasteiger partial charge < -0.3 is 14.8 Å². The van der Waals surface area contributed by atoms with Crippen LogP contribution in [0.3, 0.4) is 0 Å². The third kappa shape index (κ3) is 3.31. The summed E-state index contributed by atoms with van der Waals surface area (Å²) in [5.41, 5.74) is 3.06. The van der Waals surface area contributed by atoms with Crippen molar-refractivity contribution in [3.05, 3.63) is 35.7 Å². The molecular weight excluding hydrogens is 382 g/mol. The molecule has 4 heterocycles. The quantitative estimate of drug-likeness (QED) is 0.690. The first kappa shape index (κ1) is 18.7. The third-order valence-corrected chi connectivity index (χ3v) is 6.41. The minimum absolute atomic E-state index is 0.00234. The Kier molecular flexibility index (Phi) is 4.51. The van der Waals surface area contributed by atoms with Crippen molar-refractivity contribution < 1.29 is 22.7 Å². The average Bonchev–Trinajstić information content (AvgIpc) is 3.18. The second kappa shape index (κ2) is 6.75. The van der Waals surface area contributed by atoms with Crippen LogP contribution in [-0.2, 0) is 10.0 Å². The summed E-state index contributed by atoms with van der Waals surface area (Å²) in [6.45, 7) is 2.61. The lowest BCUT2D eigenvalue weighted by molar-refractivity contribution is 0.0926. The Labute approximate surface area is 162 Å². The highest BCUT2D eigenvalue weighted by atomic mass is 32.2. The molecule has 9 heteroatoms. The Morgan fingerprint density at radius 2 is 2.04 bits per heavy atom. The molecular formula is C19H21N3O5S. The lowest BCUT2D eigenvalue weighted by Crippen LogP contribution is -2.46. The number of pyridine rings is 1. The predicted molar refractivity (Wildman–Crippen MR) is 104 cm³/mol. The molecule has 0 aromatic carbocycles. The van der Waals surface area contributed by atoms with Gasteiger partial charge in [0.15, 0.2) is 11.3 Å². The minimum atomic E-state index is -3.21. The molecule has 148 valence electrons. The SMILES string of the molecule is Cc1cc(-c2c(C(=O)NC3CCN(S(C)(=O)=O)CC3)c3cc(O)c2o3)ccn1. The van der Waals surface area contributed by atoms with Crippen LogP contribution in [0.2, 0.25) is 0 Å². The highest BCUT2D eigenvalue weighted by molar-refractivity contribution is 7.88. The van der Waals surface area contributed by atoms with Gasteiger partial charge in [0.05, 0.1) is 11.8 Å². The highest BCUT2D eigenvalue weighted by Gasteiger charge is 2.30. The van der Waals surface area contributed by atoms with Crippen molar-refractivity contribution in [1.82, 2.24) is 14.6 Å². The number of aryl methyl sites for hydroxylation is 1. The standard InChI is InChI=1S/C19H21N3O5S/c1-11-9-12(3-6-20-11)16-17(15-10-14(23)18(16)27-15)19(24)21-13-4-7-22(8-5-13)28(2,25)26/h3,6,9-10,13,23H,4-5,7-8H2,1-2H3,(H,21,24). The molecule has 1 aliphatic rings. The van der Waals surface area contributed by atoms with Crippen molar-refractivity contribution in [1.29, 1.82) is 0 Å². The van der Waals surface area contributed by atoms with Crippen molar-refractivity contribution >= 4 is 27.1 Å². The van der Waals surface area contributed by atoms with Gasteiger partial charge in [-0.25, -0.2) is 12.7 Å².